The summed E-state index contributed by atoms with van der Waals surface area (Å²) >= 11 is 0. The molecule has 0 N–H and O–H groups in total. The Balaban J connectivity index is 1.53. The molecule has 2 aromatic rings. The van der Waals surface area contributed by atoms with Gasteiger partial charge in [-0.3, -0.25) is 4.79 Å². The molecule has 1 fully saturated rings. The van der Waals surface area contributed by atoms with Gasteiger partial charge in [-0.05, 0) is 38.0 Å². The number of likely N-dealkylation sites (N-methyl/N-ethyl adjacent to an activating group) is 1. The third kappa shape index (κ3) is 3.06. The molecule has 1 aromatic carbocycles. The number of benzene rings is 1. The number of rotatable bonds is 4. The van der Waals surface area contributed by atoms with E-state index >= 15 is 0 Å². The van der Waals surface area contributed by atoms with Crippen LogP contribution in [-0.4, -0.2) is 54.2 Å². The first-order valence-corrected chi connectivity index (χ1v) is 8.83. The summed E-state index contributed by atoms with van der Waals surface area (Å²) in [5.41, 5.74) is 2.01. The minimum atomic E-state index is 0.224. The zero-order valence-corrected chi connectivity index (χ0v) is 14.4. The Hall–Kier alpha value is -2.57. The van der Waals surface area contributed by atoms with E-state index in [1.807, 2.05) is 12.1 Å². The van der Waals surface area contributed by atoms with E-state index in [1.165, 1.54) is 0 Å². The molecule has 1 amide bonds. The predicted octanol–water partition coefficient (Wildman–Crippen LogP) is 2.29. The Labute approximate surface area is 146 Å². The highest BCUT2D eigenvalue weighted by molar-refractivity contribution is 5.68. The van der Waals surface area contributed by atoms with Crippen LogP contribution in [0.3, 0.4) is 0 Å². The minimum Gasteiger partial charge on any atom is -0.490 e. The Morgan fingerprint density at radius 3 is 2.88 bits per heavy atom. The van der Waals surface area contributed by atoms with Crippen LogP contribution in [0, 0.1) is 0 Å². The number of hydrogen-bond acceptors (Lipinski definition) is 6. The highest BCUT2D eigenvalue weighted by Gasteiger charge is 2.25. The molecule has 1 saturated heterocycles. The summed E-state index contributed by atoms with van der Waals surface area (Å²) in [7, 11) is 0. The summed E-state index contributed by atoms with van der Waals surface area (Å²) in [6.07, 6.45) is 2.63. The molecule has 7 heteroatoms. The molecule has 0 bridgehead atoms. The molecule has 2 aliphatic rings. The fourth-order valence-electron chi connectivity index (χ4n) is 3.51. The Bertz CT molecular complexity index is 753. The van der Waals surface area contributed by atoms with Crippen molar-refractivity contribution in [3.63, 3.8) is 0 Å². The molecular weight excluding hydrogens is 320 g/mol. The van der Waals surface area contributed by atoms with E-state index in [0.29, 0.717) is 18.3 Å². The number of ether oxygens (including phenoxy) is 1. The molecule has 0 saturated carbocycles. The van der Waals surface area contributed by atoms with Crippen molar-refractivity contribution in [3.05, 3.63) is 24.1 Å². The first-order chi connectivity index (χ1) is 12.3. The summed E-state index contributed by atoms with van der Waals surface area (Å²) in [6, 6.07) is 6.06. The van der Waals surface area contributed by atoms with Crippen LogP contribution in [-0.2, 0) is 4.79 Å². The van der Waals surface area contributed by atoms with Gasteiger partial charge in [-0.2, -0.15) is 4.98 Å². The molecular formula is C18H22N4O3. The smallest absolute Gasteiger partial charge is 0.230 e. The van der Waals surface area contributed by atoms with E-state index in [-0.39, 0.29) is 5.92 Å². The van der Waals surface area contributed by atoms with E-state index in [2.05, 4.69) is 28.0 Å². The molecule has 0 aliphatic carbocycles. The summed E-state index contributed by atoms with van der Waals surface area (Å²) in [4.78, 5) is 19.5. The maximum atomic E-state index is 10.8. The molecule has 25 heavy (non-hydrogen) atoms. The van der Waals surface area contributed by atoms with E-state index in [1.54, 1.807) is 4.90 Å². The van der Waals surface area contributed by atoms with Crippen LogP contribution in [0.2, 0.25) is 0 Å². The van der Waals surface area contributed by atoms with Gasteiger partial charge in [0.2, 0.25) is 18.1 Å². The number of piperidine rings is 1. The molecule has 2 aliphatic heterocycles. The third-order valence-electron chi connectivity index (χ3n) is 5.03. The van der Waals surface area contributed by atoms with Gasteiger partial charge >= 0.3 is 0 Å². The quantitative estimate of drug-likeness (QED) is 0.794. The Kier molecular flexibility index (Phi) is 4.29. The fourth-order valence-corrected chi connectivity index (χ4v) is 3.51. The van der Waals surface area contributed by atoms with E-state index < -0.39 is 0 Å². The summed E-state index contributed by atoms with van der Waals surface area (Å²) < 4.78 is 11.3. The van der Waals surface area contributed by atoms with Gasteiger partial charge in [-0.1, -0.05) is 5.16 Å². The highest BCUT2D eigenvalue weighted by Crippen LogP contribution is 2.35. The van der Waals surface area contributed by atoms with Crippen molar-refractivity contribution in [1.29, 1.82) is 0 Å². The van der Waals surface area contributed by atoms with Crippen LogP contribution < -0.4 is 9.64 Å². The number of fused-ring (bicyclic) bond motifs is 1. The van der Waals surface area contributed by atoms with Crippen molar-refractivity contribution >= 4 is 12.1 Å². The zero-order chi connectivity index (χ0) is 17.2. The molecule has 0 spiro atoms. The molecule has 3 heterocycles. The van der Waals surface area contributed by atoms with Crippen molar-refractivity contribution in [3.8, 4) is 17.1 Å². The van der Waals surface area contributed by atoms with Crippen molar-refractivity contribution < 1.29 is 14.1 Å². The lowest BCUT2D eigenvalue weighted by Gasteiger charge is -2.30. The van der Waals surface area contributed by atoms with E-state index in [9.17, 15) is 4.79 Å². The minimum absolute atomic E-state index is 0.224. The van der Waals surface area contributed by atoms with Gasteiger partial charge in [-0.25, -0.2) is 0 Å². The number of anilines is 1. The van der Waals surface area contributed by atoms with Crippen LogP contribution >= 0.6 is 0 Å². The number of likely N-dealkylation sites (tertiary alicyclic amines) is 1. The van der Waals surface area contributed by atoms with Gasteiger partial charge in [0.05, 0.1) is 12.2 Å². The second-order valence-corrected chi connectivity index (χ2v) is 6.48. The summed E-state index contributed by atoms with van der Waals surface area (Å²) in [6.45, 7) is 6.19. The van der Waals surface area contributed by atoms with Crippen molar-refractivity contribution in [2.45, 2.75) is 25.7 Å². The van der Waals surface area contributed by atoms with Crippen molar-refractivity contribution in [2.24, 2.45) is 0 Å². The maximum Gasteiger partial charge on any atom is 0.230 e. The normalized spacial score (nSPS) is 18.0. The Morgan fingerprint density at radius 2 is 2.12 bits per heavy atom. The van der Waals surface area contributed by atoms with Gasteiger partial charge in [0.1, 0.15) is 12.4 Å². The lowest BCUT2D eigenvalue weighted by atomic mass is 9.97. The molecule has 0 radical (unpaired) electrons. The van der Waals surface area contributed by atoms with Gasteiger partial charge in [0.15, 0.2) is 0 Å². The average Bonchev–Trinajstić information content (AvgIpc) is 3.17. The van der Waals surface area contributed by atoms with Crippen molar-refractivity contribution in [2.75, 3.05) is 37.7 Å². The summed E-state index contributed by atoms with van der Waals surface area (Å²) in [5.74, 6) is 2.35. The van der Waals surface area contributed by atoms with E-state index in [4.69, 9.17) is 9.26 Å². The van der Waals surface area contributed by atoms with Crippen LogP contribution in [0.5, 0.6) is 5.75 Å². The van der Waals surface area contributed by atoms with Gasteiger partial charge in [0, 0.05) is 31.1 Å². The van der Waals surface area contributed by atoms with Crippen molar-refractivity contribution in [1.82, 2.24) is 15.0 Å². The van der Waals surface area contributed by atoms with Gasteiger partial charge in [0.25, 0.3) is 0 Å². The average molecular weight is 342 g/mol. The van der Waals surface area contributed by atoms with Crippen LogP contribution in [0.4, 0.5) is 5.69 Å². The summed E-state index contributed by atoms with van der Waals surface area (Å²) in [5, 5.41) is 4.15. The van der Waals surface area contributed by atoms with Crippen LogP contribution in [0.25, 0.3) is 11.4 Å². The van der Waals surface area contributed by atoms with E-state index in [0.717, 1.165) is 62.4 Å². The number of carbonyl (C=O) groups is 1. The number of hydrogen-bond donors (Lipinski definition) is 0. The molecule has 0 unspecified atom stereocenters. The second kappa shape index (κ2) is 6.74. The molecule has 1 aromatic heterocycles. The standard InChI is InChI=1S/C18H22N4O3/c1-2-22-9-10-24-16-11-14(3-4-15(16)22)17-19-18(25-20-17)13-5-7-21(12-23)8-6-13/h3-4,11-13H,2,5-10H2,1H3. The lowest BCUT2D eigenvalue weighted by Crippen LogP contribution is -2.32. The monoisotopic (exact) mass is 342 g/mol. The Morgan fingerprint density at radius 1 is 1.28 bits per heavy atom. The lowest BCUT2D eigenvalue weighted by molar-refractivity contribution is -0.119. The molecule has 132 valence electrons. The second-order valence-electron chi connectivity index (χ2n) is 6.48. The largest absolute Gasteiger partial charge is 0.490 e. The first-order valence-electron chi connectivity index (χ1n) is 8.83. The van der Waals surface area contributed by atoms with Crippen LogP contribution in [0.15, 0.2) is 22.7 Å². The van der Waals surface area contributed by atoms with Crippen LogP contribution in [0.1, 0.15) is 31.6 Å². The molecule has 4 rings (SSSR count). The van der Waals surface area contributed by atoms with Gasteiger partial charge in [-0.15, -0.1) is 0 Å². The maximum absolute atomic E-state index is 10.8. The number of aromatic nitrogens is 2. The fraction of sp³-hybridized carbons (Fsp3) is 0.500. The topological polar surface area (TPSA) is 71.7 Å². The molecule has 7 nitrogen and oxygen atoms in total. The third-order valence-corrected chi connectivity index (χ3v) is 5.03. The first kappa shape index (κ1) is 15.9. The number of amides is 1. The highest BCUT2D eigenvalue weighted by atomic mass is 16.5. The number of carbonyl (C=O) groups excluding carboxylic acids is 1. The predicted molar refractivity (Wildman–Crippen MR) is 92.7 cm³/mol. The SMILES string of the molecule is CCN1CCOc2cc(-c3noc(C4CCN(C=O)CC4)n3)ccc21. The number of nitrogens with zero attached hydrogens (tertiary/aromatic N) is 4. The molecule has 0 atom stereocenters. The zero-order valence-electron chi connectivity index (χ0n) is 14.4. The van der Waals surface area contributed by atoms with Gasteiger partial charge < -0.3 is 19.1 Å².